The summed E-state index contributed by atoms with van der Waals surface area (Å²) >= 11 is 0. The van der Waals surface area contributed by atoms with Gasteiger partial charge >= 0.3 is 12.1 Å². The molecule has 0 spiro atoms. The minimum atomic E-state index is -4.35. The van der Waals surface area contributed by atoms with Crippen molar-refractivity contribution in [1.29, 1.82) is 0 Å². The van der Waals surface area contributed by atoms with Crippen LogP contribution in [0.15, 0.2) is 42.5 Å². The molecule has 0 radical (unpaired) electrons. The number of alkyl halides is 3. The standard InChI is InChI=1S/C19H19F3N2O2/c1-13-2-5-15(19(20,21)22)12-17(13)24-10-8-23(9-11-24)16-6-3-14(4-7-16)18(25)26/h2-7,12H,8-11H2,1H3,(H,25,26). The Morgan fingerprint density at radius 2 is 1.54 bits per heavy atom. The van der Waals surface area contributed by atoms with E-state index in [2.05, 4.69) is 4.90 Å². The van der Waals surface area contributed by atoms with Gasteiger partial charge in [-0.25, -0.2) is 4.79 Å². The lowest BCUT2D eigenvalue weighted by Gasteiger charge is -2.38. The molecule has 2 aromatic rings. The zero-order chi connectivity index (χ0) is 18.9. The predicted molar refractivity (Wildman–Crippen MR) is 94.0 cm³/mol. The van der Waals surface area contributed by atoms with E-state index >= 15 is 0 Å². The summed E-state index contributed by atoms with van der Waals surface area (Å²) in [4.78, 5) is 15.0. The van der Waals surface area contributed by atoms with Crippen LogP contribution in [0.25, 0.3) is 0 Å². The number of aromatic carboxylic acids is 1. The van der Waals surface area contributed by atoms with Crippen molar-refractivity contribution in [3.8, 4) is 0 Å². The van der Waals surface area contributed by atoms with Gasteiger partial charge in [0, 0.05) is 37.6 Å². The molecule has 0 amide bonds. The van der Waals surface area contributed by atoms with Crippen LogP contribution in [0.4, 0.5) is 24.5 Å². The molecule has 0 saturated carbocycles. The number of piperazine rings is 1. The number of aryl methyl sites for hydroxylation is 1. The quantitative estimate of drug-likeness (QED) is 0.893. The van der Waals surface area contributed by atoms with Crippen molar-refractivity contribution in [1.82, 2.24) is 0 Å². The first kappa shape index (κ1) is 18.1. The van der Waals surface area contributed by atoms with Gasteiger partial charge in [0.2, 0.25) is 0 Å². The van der Waals surface area contributed by atoms with Gasteiger partial charge in [-0.1, -0.05) is 6.07 Å². The molecule has 1 aliphatic heterocycles. The van der Waals surface area contributed by atoms with Crippen LogP contribution < -0.4 is 9.80 Å². The molecule has 0 atom stereocenters. The van der Waals surface area contributed by atoms with Crippen LogP contribution in [0.1, 0.15) is 21.5 Å². The van der Waals surface area contributed by atoms with Crippen LogP contribution in [-0.4, -0.2) is 37.3 Å². The van der Waals surface area contributed by atoms with Crippen LogP contribution in [0.3, 0.4) is 0 Å². The van der Waals surface area contributed by atoms with E-state index in [0.29, 0.717) is 31.9 Å². The summed E-state index contributed by atoms with van der Waals surface area (Å²) in [5.74, 6) is -0.971. The highest BCUT2D eigenvalue weighted by molar-refractivity contribution is 5.88. The van der Waals surface area contributed by atoms with E-state index in [4.69, 9.17) is 5.11 Å². The van der Waals surface area contributed by atoms with Gasteiger partial charge in [0.1, 0.15) is 0 Å². The number of hydrogen-bond acceptors (Lipinski definition) is 3. The van der Waals surface area contributed by atoms with Crippen molar-refractivity contribution >= 4 is 17.3 Å². The van der Waals surface area contributed by atoms with E-state index in [1.807, 2.05) is 11.8 Å². The lowest BCUT2D eigenvalue weighted by Crippen LogP contribution is -2.46. The summed E-state index contributed by atoms with van der Waals surface area (Å²) in [7, 11) is 0. The number of benzene rings is 2. The second kappa shape index (κ2) is 6.90. The monoisotopic (exact) mass is 364 g/mol. The van der Waals surface area contributed by atoms with E-state index in [9.17, 15) is 18.0 Å². The second-order valence-corrected chi connectivity index (χ2v) is 6.33. The van der Waals surface area contributed by atoms with Crippen molar-refractivity contribution in [2.24, 2.45) is 0 Å². The third-order valence-corrected chi connectivity index (χ3v) is 4.64. The first-order chi connectivity index (χ1) is 12.3. The molecule has 1 saturated heterocycles. The van der Waals surface area contributed by atoms with Crippen molar-refractivity contribution < 1.29 is 23.1 Å². The smallest absolute Gasteiger partial charge is 0.416 e. The number of halogens is 3. The Morgan fingerprint density at radius 3 is 2.08 bits per heavy atom. The molecule has 0 bridgehead atoms. The lowest BCUT2D eigenvalue weighted by molar-refractivity contribution is -0.137. The number of carbonyl (C=O) groups is 1. The summed E-state index contributed by atoms with van der Waals surface area (Å²) in [5.41, 5.74) is 1.94. The summed E-state index contributed by atoms with van der Waals surface area (Å²) < 4.78 is 38.9. The molecule has 0 aromatic heterocycles. The minimum Gasteiger partial charge on any atom is -0.478 e. The third kappa shape index (κ3) is 3.76. The van der Waals surface area contributed by atoms with Gasteiger partial charge < -0.3 is 14.9 Å². The number of rotatable bonds is 3. The van der Waals surface area contributed by atoms with E-state index < -0.39 is 17.7 Å². The number of nitrogens with zero attached hydrogens (tertiary/aromatic N) is 2. The molecule has 4 nitrogen and oxygen atoms in total. The van der Waals surface area contributed by atoms with Crippen LogP contribution >= 0.6 is 0 Å². The summed E-state index contributed by atoms with van der Waals surface area (Å²) in [6.45, 7) is 4.32. The lowest BCUT2D eigenvalue weighted by atomic mass is 10.1. The largest absolute Gasteiger partial charge is 0.478 e. The molecular weight excluding hydrogens is 345 g/mol. The van der Waals surface area contributed by atoms with Crippen LogP contribution in [0.2, 0.25) is 0 Å². The Morgan fingerprint density at radius 1 is 0.962 bits per heavy atom. The molecule has 138 valence electrons. The highest BCUT2D eigenvalue weighted by Gasteiger charge is 2.31. The number of hydrogen-bond donors (Lipinski definition) is 1. The maximum absolute atomic E-state index is 13.0. The third-order valence-electron chi connectivity index (χ3n) is 4.64. The Labute approximate surface area is 149 Å². The highest BCUT2D eigenvalue weighted by Crippen LogP contribution is 2.33. The first-order valence-electron chi connectivity index (χ1n) is 8.27. The van der Waals surface area contributed by atoms with Gasteiger partial charge in [-0.05, 0) is 48.9 Å². The SMILES string of the molecule is Cc1ccc(C(F)(F)F)cc1N1CCN(c2ccc(C(=O)O)cc2)CC1. The van der Waals surface area contributed by atoms with Gasteiger partial charge in [-0.15, -0.1) is 0 Å². The Bertz CT molecular complexity index is 795. The normalized spacial score (nSPS) is 15.2. The molecule has 1 fully saturated rings. The van der Waals surface area contributed by atoms with Crippen molar-refractivity contribution in [3.63, 3.8) is 0 Å². The highest BCUT2D eigenvalue weighted by atomic mass is 19.4. The molecule has 7 heteroatoms. The minimum absolute atomic E-state index is 0.229. The first-order valence-corrected chi connectivity index (χ1v) is 8.27. The fourth-order valence-electron chi connectivity index (χ4n) is 3.15. The maximum Gasteiger partial charge on any atom is 0.416 e. The number of anilines is 2. The van der Waals surface area contributed by atoms with Gasteiger partial charge in [0.25, 0.3) is 0 Å². The maximum atomic E-state index is 13.0. The molecule has 0 unspecified atom stereocenters. The zero-order valence-corrected chi connectivity index (χ0v) is 14.3. The molecule has 0 aliphatic carbocycles. The molecule has 3 rings (SSSR count). The second-order valence-electron chi connectivity index (χ2n) is 6.33. The molecule has 2 aromatic carbocycles. The number of carboxylic acid groups (broad SMARTS) is 1. The van der Waals surface area contributed by atoms with Crippen molar-refractivity contribution in [2.75, 3.05) is 36.0 Å². The van der Waals surface area contributed by atoms with Gasteiger partial charge in [-0.2, -0.15) is 13.2 Å². The topological polar surface area (TPSA) is 43.8 Å². The van der Waals surface area contributed by atoms with Crippen LogP contribution in [0.5, 0.6) is 0 Å². The van der Waals surface area contributed by atoms with E-state index in [1.54, 1.807) is 24.3 Å². The fourth-order valence-corrected chi connectivity index (χ4v) is 3.15. The van der Waals surface area contributed by atoms with E-state index in [0.717, 1.165) is 17.3 Å². The summed E-state index contributed by atoms with van der Waals surface area (Å²) in [6, 6.07) is 10.5. The molecule has 1 N–H and O–H groups in total. The Balaban J connectivity index is 1.71. The fraction of sp³-hybridized carbons (Fsp3) is 0.316. The molecule has 26 heavy (non-hydrogen) atoms. The van der Waals surface area contributed by atoms with Crippen molar-refractivity contribution in [3.05, 3.63) is 59.2 Å². The summed E-state index contributed by atoms with van der Waals surface area (Å²) in [6.07, 6.45) is -4.35. The Kier molecular flexibility index (Phi) is 4.80. The van der Waals surface area contributed by atoms with Gasteiger partial charge in [0.15, 0.2) is 0 Å². The van der Waals surface area contributed by atoms with Gasteiger partial charge in [-0.3, -0.25) is 0 Å². The van der Waals surface area contributed by atoms with E-state index in [-0.39, 0.29) is 5.56 Å². The Hall–Kier alpha value is -2.70. The molecule has 1 aliphatic rings. The average Bonchev–Trinajstić information content (AvgIpc) is 2.61. The van der Waals surface area contributed by atoms with E-state index in [1.165, 1.54) is 12.1 Å². The average molecular weight is 364 g/mol. The van der Waals surface area contributed by atoms with Crippen molar-refractivity contribution in [2.45, 2.75) is 13.1 Å². The van der Waals surface area contributed by atoms with Gasteiger partial charge in [0.05, 0.1) is 11.1 Å². The molecule has 1 heterocycles. The van der Waals surface area contributed by atoms with Crippen LogP contribution in [0, 0.1) is 6.92 Å². The number of carboxylic acids is 1. The van der Waals surface area contributed by atoms with Crippen LogP contribution in [-0.2, 0) is 6.18 Å². The predicted octanol–water partition coefficient (Wildman–Crippen LogP) is 4.04. The summed E-state index contributed by atoms with van der Waals surface area (Å²) in [5, 5.41) is 8.95. The zero-order valence-electron chi connectivity index (χ0n) is 14.3. The molecular formula is C19H19F3N2O2.